The minimum atomic E-state index is -0.289. The van der Waals surface area contributed by atoms with Gasteiger partial charge in [0, 0.05) is 44.8 Å². The summed E-state index contributed by atoms with van der Waals surface area (Å²) >= 11 is 1.42. The molecule has 1 amide bonds. The molecule has 1 unspecified atom stereocenters. The number of benzene rings is 1. The van der Waals surface area contributed by atoms with E-state index in [0.717, 1.165) is 38.4 Å². The van der Waals surface area contributed by atoms with Crippen LogP contribution < -0.4 is 0 Å². The van der Waals surface area contributed by atoms with Crippen molar-refractivity contribution < 1.29 is 18.7 Å². The van der Waals surface area contributed by atoms with Crippen LogP contribution in [0.5, 0.6) is 0 Å². The van der Waals surface area contributed by atoms with Gasteiger partial charge in [-0.3, -0.25) is 9.69 Å². The maximum atomic E-state index is 13.4. The lowest BCUT2D eigenvalue weighted by atomic mass is 10.2. The topological polar surface area (TPSA) is 72.7 Å². The summed E-state index contributed by atoms with van der Waals surface area (Å²) < 4.78 is 26.2. The van der Waals surface area contributed by atoms with Gasteiger partial charge in [0.25, 0.3) is 0 Å². The average molecular weight is 450 g/mol. The molecule has 2 aliphatic heterocycles. The molecule has 31 heavy (non-hydrogen) atoms. The first kappa shape index (κ1) is 22.2. The monoisotopic (exact) mass is 449 g/mol. The molecule has 8 nitrogen and oxygen atoms in total. The fourth-order valence-corrected chi connectivity index (χ4v) is 4.66. The van der Waals surface area contributed by atoms with Gasteiger partial charge in [-0.05, 0) is 31.2 Å². The molecular formula is C21H28FN5O3S. The Balaban J connectivity index is 1.52. The molecule has 2 aliphatic rings. The maximum absolute atomic E-state index is 13.4. The van der Waals surface area contributed by atoms with Crippen molar-refractivity contribution in [2.24, 2.45) is 0 Å². The normalized spacial score (nSPS) is 18.8. The lowest BCUT2D eigenvalue weighted by molar-refractivity contribution is -0.134. The van der Waals surface area contributed by atoms with Gasteiger partial charge in [0.05, 0.1) is 31.7 Å². The van der Waals surface area contributed by atoms with Crippen LogP contribution in [0.15, 0.2) is 29.4 Å². The third kappa shape index (κ3) is 5.62. The van der Waals surface area contributed by atoms with E-state index in [1.165, 1.54) is 23.9 Å². The second-order valence-corrected chi connectivity index (χ2v) is 8.92. The molecule has 2 saturated heterocycles. The largest absolute Gasteiger partial charge is 0.379 e. The van der Waals surface area contributed by atoms with E-state index in [2.05, 4.69) is 15.1 Å². The standard InChI is InChI=1S/C21H28FN5O3S/c1-16(20(28)26-10-14-30-15-11-26)31-21-24-23-19(17-2-4-18(22)5-3-17)27(21)7-6-25-8-12-29-13-9-25/h2-5,16H,6-15H2,1H3. The van der Waals surface area contributed by atoms with Crippen LogP contribution in [0.2, 0.25) is 0 Å². The summed E-state index contributed by atoms with van der Waals surface area (Å²) in [6.07, 6.45) is 0. The summed E-state index contributed by atoms with van der Waals surface area (Å²) in [7, 11) is 0. The van der Waals surface area contributed by atoms with E-state index in [9.17, 15) is 9.18 Å². The first-order valence-corrected chi connectivity index (χ1v) is 11.5. The van der Waals surface area contributed by atoms with E-state index < -0.39 is 0 Å². The smallest absolute Gasteiger partial charge is 0.236 e. The van der Waals surface area contributed by atoms with E-state index in [1.54, 1.807) is 12.1 Å². The van der Waals surface area contributed by atoms with Crippen molar-refractivity contribution in [1.82, 2.24) is 24.6 Å². The number of carbonyl (C=O) groups excluding carboxylic acids is 1. The van der Waals surface area contributed by atoms with Gasteiger partial charge in [-0.2, -0.15) is 0 Å². The van der Waals surface area contributed by atoms with Crippen molar-refractivity contribution in [2.75, 3.05) is 59.2 Å². The zero-order valence-corrected chi connectivity index (χ0v) is 18.5. The summed E-state index contributed by atoms with van der Waals surface area (Å²) in [5.74, 6) is 0.476. The highest BCUT2D eigenvalue weighted by Crippen LogP contribution is 2.28. The molecule has 1 aromatic heterocycles. The van der Waals surface area contributed by atoms with Gasteiger partial charge in [-0.1, -0.05) is 11.8 Å². The predicted octanol–water partition coefficient (Wildman–Crippen LogP) is 1.76. The second-order valence-electron chi connectivity index (χ2n) is 7.62. The van der Waals surface area contributed by atoms with Gasteiger partial charge in [0.2, 0.25) is 5.91 Å². The van der Waals surface area contributed by atoms with Crippen molar-refractivity contribution in [3.8, 4) is 11.4 Å². The summed E-state index contributed by atoms with van der Waals surface area (Å²) in [6, 6.07) is 6.27. The number of halogens is 1. The summed E-state index contributed by atoms with van der Waals surface area (Å²) in [5.41, 5.74) is 0.801. The van der Waals surface area contributed by atoms with Crippen LogP contribution >= 0.6 is 11.8 Å². The van der Waals surface area contributed by atoms with Gasteiger partial charge >= 0.3 is 0 Å². The molecule has 4 rings (SSSR count). The van der Waals surface area contributed by atoms with Crippen molar-refractivity contribution >= 4 is 17.7 Å². The molecule has 0 radical (unpaired) electrons. The molecule has 10 heteroatoms. The number of thioether (sulfide) groups is 1. The highest BCUT2D eigenvalue weighted by atomic mass is 32.2. The molecule has 0 aliphatic carbocycles. The zero-order chi connectivity index (χ0) is 21.6. The number of hydrogen-bond donors (Lipinski definition) is 0. The van der Waals surface area contributed by atoms with E-state index in [-0.39, 0.29) is 17.0 Å². The molecular weight excluding hydrogens is 421 g/mol. The molecule has 0 bridgehead atoms. The minimum Gasteiger partial charge on any atom is -0.379 e. The van der Waals surface area contributed by atoms with Crippen LogP contribution in [0.4, 0.5) is 4.39 Å². The number of morpholine rings is 2. The first-order chi connectivity index (χ1) is 15.1. The fourth-order valence-electron chi connectivity index (χ4n) is 3.71. The number of nitrogens with zero attached hydrogens (tertiary/aromatic N) is 5. The molecule has 0 spiro atoms. The van der Waals surface area contributed by atoms with Crippen LogP contribution in [-0.4, -0.2) is 94.9 Å². The third-order valence-corrected chi connectivity index (χ3v) is 6.58. The zero-order valence-electron chi connectivity index (χ0n) is 17.7. The quantitative estimate of drug-likeness (QED) is 0.597. The molecule has 0 saturated carbocycles. The Kier molecular flexibility index (Phi) is 7.54. The molecule has 3 heterocycles. The van der Waals surface area contributed by atoms with Crippen LogP contribution in [0, 0.1) is 5.82 Å². The van der Waals surface area contributed by atoms with E-state index in [4.69, 9.17) is 9.47 Å². The Morgan fingerprint density at radius 3 is 2.35 bits per heavy atom. The Morgan fingerprint density at radius 1 is 1.03 bits per heavy atom. The van der Waals surface area contributed by atoms with Gasteiger partial charge < -0.3 is 18.9 Å². The Hall–Kier alpha value is -2.01. The van der Waals surface area contributed by atoms with Crippen molar-refractivity contribution in [1.29, 1.82) is 0 Å². The van der Waals surface area contributed by atoms with E-state index in [0.29, 0.717) is 43.8 Å². The SMILES string of the molecule is CC(Sc1nnc(-c2ccc(F)cc2)n1CCN1CCOCC1)C(=O)N1CCOCC1. The van der Waals surface area contributed by atoms with Crippen LogP contribution in [0.1, 0.15) is 6.92 Å². The van der Waals surface area contributed by atoms with Gasteiger partial charge in [-0.15, -0.1) is 10.2 Å². The summed E-state index contributed by atoms with van der Waals surface area (Å²) in [6.45, 7) is 9.06. The van der Waals surface area contributed by atoms with Crippen molar-refractivity contribution in [2.45, 2.75) is 23.9 Å². The number of ether oxygens (including phenoxy) is 2. The van der Waals surface area contributed by atoms with Gasteiger partial charge in [0.1, 0.15) is 5.82 Å². The van der Waals surface area contributed by atoms with Gasteiger partial charge in [0.15, 0.2) is 11.0 Å². The molecule has 2 aromatic rings. The summed E-state index contributed by atoms with van der Waals surface area (Å²) in [4.78, 5) is 17.0. The Bertz CT molecular complexity index is 866. The molecule has 168 valence electrons. The number of amides is 1. The van der Waals surface area contributed by atoms with Gasteiger partial charge in [-0.25, -0.2) is 4.39 Å². The summed E-state index contributed by atoms with van der Waals surface area (Å²) in [5, 5.41) is 9.19. The molecule has 1 aromatic carbocycles. The number of hydrogen-bond acceptors (Lipinski definition) is 7. The van der Waals surface area contributed by atoms with Crippen LogP contribution in [-0.2, 0) is 20.8 Å². The fraction of sp³-hybridized carbons (Fsp3) is 0.571. The van der Waals surface area contributed by atoms with Crippen molar-refractivity contribution in [3.05, 3.63) is 30.1 Å². The number of aromatic nitrogens is 3. The predicted molar refractivity (Wildman–Crippen MR) is 115 cm³/mol. The Labute approximate surface area is 185 Å². The molecule has 0 N–H and O–H groups in total. The lowest BCUT2D eigenvalue weighted by Crippen LogP contribution is -2.44. The lowest BCUT2D eigenvalue weighted by Gasteiger charge is -2.29. The van der Waals surface area contributed by atoms with Crippen molar-refractivity contribution in [3.63, 3.8) is 0 Å². The second kappa shape index (κ2) is 10.5. The maximum Gasteiger partial charge on any atom is 0.236 e. The highest BCUT2D eigenvalue weighted by molar-refractivity contribution is 8.00. The third-order valence-electron chi connectivity index (χ3n) is 5.52. The van der Waals surface area contributed by atoms with Crippen LogP contribution in [0.25, 0.3) is 11.4 Å². The highest BCUT2D eigenvalue weighted by Gasteiger charge is 2.26. The minimum absolute atomic E-state index is 0.0827. The van der Waals surface area contributed by atoms with E-state index >= 15 is 0 Å². The first-order valence-electron chi connectivity index (χ1n) is 10.6. The van der Waals surface area contributed by atoms with Crippen LogP contribution in [0.3, 0.4) is 0 Å². The molecule has 1 atom stereocenters. The number of rotatable bonds is 7. The molecule has 2 fully saturated rings. The average Bonchev–Trinajstić information content (AvgIpc) is 3.21. The Morgan fingerprint density at radius 2 is 1.68 bits per heavy atom. The number of carbonyl (C=O) groups is 1. The van der Waals surface area contributed by atoms with E-state index in [1.807, 2.05) is 16.4 Å².